The molecule has 1 aromatic carbocycles. The van der Waals surface area contributed by atoms with Gasteiger partial charge in [-0.05, 0) is 36.1 Å². The van der Waals surface area contributed by atoms with E-state index < -0.39 is 0 Å². The lowest BCUT2D eigenvalue weighted by atomic mass is 10.2. The molecule has 0 bridgehead atoms. The van der Waals surface area contributed by atoms with Gasteiger partial charge in [-0.1, -0.05) is 18.2 Å². The van der Waals surface area contributed by atoms with Crippen molar-refractivity contribution in [3.63, 3.8) is 0 Å². The van der Waals surface area contributed by atoms with Crippen LogP contribution >= 0.6 is 11.3 Å². The van der Waals surface area contributed by atoms with Crippen molar-refractivity contribution in [2.75, 3.05) is 5.32 Å². The van der Waals surface area contributed by atoms with Crippen molar-refractivity contribution in [2.45, 2.75) is 13.3 Å². The first-order chi connectivity index (χ1) is 7.74. The number of hydrogen-bond acceptors (Lipinski definition) is 2. The molecule has 1 heterocycles. The van der Waals surface area contributed by atoms with Gasteiger partial charge in [-0.2, -0.15) is 0 Å². The standard InChI is InChI=1S/C13H13NOS/c1-10-4-2-5-11(8-10)14-13(15)9-12-6-3-7-16-12/h2-8H,9H2,1H3,(H,14,15). The third-order valence-corrected chi connectivity index (χ3v) is 3.09. The zero-order valence-corrected chi connectivity index (χ0v) is 9.88. The highest BCUT2D eigenvalue weighted by atomic mass is 32.1. The number of thiophene rings is 1. The lowest BCUT2D eigenvalue weighted by molar-refractivity contribution is -0.115. The van der Waals surface area contributed by atoms with Gasteiger partial charge in [-0.15, -0.1) is 11.3 Å². The monoisotopic (exact) mass is 231 g/mol. The number of hydrogen-bond donors (Lipinski definition) is 1. The van der Waals surface area contributed by atoms with Crippen molar-refractivity contribution in [1.29, 1.82) is 0 Å². The zero-order chi connectivity index (χ0) is 11.4. The third kappa shape index (κ3) is 2.94. The minimum atomic E-state index is 0.0352. The van der Waals surface area contributed by atoms with Crippen molar-refractivity contribution in [3.05, 3.63) is 52.2 Å². The summed E-state index contributed by atoms with van der Waals surface area (Å²) in [4.78, 5) is 12.8. The average molecular weight is 231 g/mol. The maximum absolute atomic E-state index is 11.7. The van der Waals surface area contributed by atoms with Crippen LogP contribution in [-0.4, -0.2) is 5.91 Å². The average Bonchev–Trinajstić information content (AvgIpc) is 2.70. The maximum Gasteiger partial charge on any atom is 0.229 e. The second-order valence-electron chi connectivity index (χ2n) is 3.67. The van der Waals surface area contributed by atoms with Crippen LogP contribution < -0.4 is 5.32 Å². The van der Waals surface area contributed by atoms with Crippen LogP contribution in [0.15, 0.2) is 41.8 Å². The number of carbonyl (C=O) groups excluding carboxylic acids is 1. The molecule has 16 heavy (non-hydrogen) atoms. The van der Waals surface area contributed by atoms with Gasteiger partial charge in [0, 0.05) is 10.6 Å². The van der Waals surface area contributed by atoms with E-state index in [2.05, 4.69) is 5.32 Å². The van der Waals surface area contributed by atoms with E-state index in [4.69, 9.17) is 0 Å². The van der Waals surface area contributed by atoms with Gasteiger partial charge in [0.25, 0.3) is 0 Å². The Bertz CT molecular complexity index is 476. The Labute approximate surface area is 98.9 Å². The molecule has 3 heteroatoms. The normalized spacial score (nSPS) is 10.1. The molecule has 1 amide bonds. The number of amides is 1. The summed E-state index contributed by atoms with van der Waals surface area (Å²) in [5.74, 6) is 0.0352. The van der Waals surface area contributed by atoms with Gasteiger partial charge in [0.2, 0.25) is 5.91 Å². The summed E-state index contributed by atoms with van der Waals surface area (Å²) in [7, 11) is 0. The van der Waals surface area contributed by atoms with Crippen molar-refractivity contribution < 1.29 is 4.79 Å². The molecule has 2 aromatic rings. The van der Waals surface area contributed by atoms with E-state index in [-0.39, 0.29) is 5.91 Å². The minimum Gasteiger partial charge on any atom is -0.326 e. The summed E-state index contributed by atoms with van der Waals surface area (Å²) in [6.45, 7) is 2.01. The SMILES string of the molecule is Cc1cccc(NC(=O)Cc2cccs2)c1. The lowest BCUT2D eigenvalue weighted by Crippen LogP contribution is -2.13. The molecule has 0 aliphatic carbocycles. The van der Waals surface area contributed by atoms with Crippen LogP contribution in [0.1, 0.15) is 10.4 Å². The Balaban J connectivity index is 1.97. The number of carbonyl (C=O) groups is 1. The molecule has 0 unspecified atom stereocenters. The summed E-state index contributed by atoms with van der Waals surface area (Å²) in [6, 6.07) is 11.7. The summed E-state index contributed by atoms with van der Waals surface area (Å²) >= 11 is 1.60. The Morgan fingerprint density at radius 2 is 2.19 bits per heavy atom. The second-order valence-corrected chi connectivity index (χ2v) is 4.71. The molecule has 2 rings (SSSR count). The first-order valence-corrected chi connectivity index (χ1v) is 6.01. The highest BCUT2D eigenvalue weighted by Crippen LogP contribution is 2.12. The topological polar surface area (TPSA) is 29.1 Å². The predicted octanol–water partition coefficient (Wildman–Crippen LogP) is 3.24. The number of aryl methyl sites for hydroxylation is 1. The molecule has 0 spiro atoms. The van der Waals surface area contributed by atoms with Crippen molar-refractivity contribution in [2.24, 2.45) is 0 Å². The summed E-state index contributed by atoms with van der Waals surface area (Å²) in [5, 5.41) is 4.87. The number of benzene rings is 1. The summed E-state index contributed by atoms with van der Waals surface area (Å²) in [6.07, 6.45) is 0.450. The van der Waals surface area contributed by atoms with Crippen LogP contribution in [0.2, 0.25) is 0 Å². The summed E-state index contributed by atoms with van der Waals surface area (Å²) < 4.78 is 0. The number of rotatable bonds is 3. The van der Waals surface area contributed by atoms with Gasteiger partial charge in [0.15, 0.2) is 0 Å². The fourth-order valence-corrected chi connectivity index (χ4v) is 2.20. The Hall–Kier alpha value is -1.61. The van der Waals surface area contributed by atoms with Crippen molar-refractivity contribution >= 4 is 22.9 Å². The molecule has 0 saturated heterocycles. The molecular formula is C13H13NOS. The van der Waals surface area contributed by atoms with E-state index >= 15 is 0 Å². The Morgan fingerprint density at radius 3 is 2.88 bits per heavy atom. The van der Waals surface area contributed by atoms with Crippen molar-refractivity contribution in [1.82, 2.24) is 0 Å². The minimum absolute atomic E-state index is 0.0352. The van der Waals surface area contributed by atoms with E-state index in [0.717, 1.165) is 16.1 Å². The van der Waals surface area contributed by atoms with Crippen LogP contribution in [0.5, 0.6) is 0 Å². The first kappa shape index (κ1) is 10.9. The smallest absolute Gasteiger partial charge is 0.229 e. The van der Waals surface area contributed by atoms with Crippen molar-refractivity contribution in [3.8, 4) is 0 Å². The van der Waals surface area contributed by atoms with Crippen LogP contribution in [0.25, 0.3) is 0 Å². The third-order valence-electron chi connectivity index (χ3n) is 2.22. The molecule has 1 aromatic heterocycles. The quantitative estimate of drug-likeness (QED) is 0.863. The molecule has 2 nitrogen and oxygen atoms in total. The van der Waals surface area contributed by atoms with E-state index in [9.17, 15) is 4.79 Å². The molecule has 0 aliphatic rings. The Kier molecular flexibility index (Phi) is 3.37. The molecule has 1 N–H and O–H groups in total. The van der Waals surface area contributed by atoms with E-state index in [1.54, 1.807) is 11.3 Å². The van der Waals surface area contributed by atoms with Gasteiger partial charge in [-0.25, -0.2) is 0 Å². The first-order valence-electron chi connectivity index (χ1n) is 5.13. The molecule has 0 aliphatic heterocycles. The molecule has 0 radical (unpaired) electrons. The van der Waals surface area contributed by atoms with E-state index in [1.807, 2.05) is 48.7 Å². The fourth-order valence-electron chi connectivity index (χ4n) is 1.50. The van der Waals surface area contributed by atoms with E-state index in [0.29, 0.717) is 6.42 Å². The van der Waals surface area contributed by atoms with Gasteiger partial charge in [-0.3, -0.25) is 4.79 Å². The fraction of sp³-hybridized carbons (Fsp3) is 0.154. The number of anilines is 1. The molecule has 0 fully saturated rings. The van der Waals surface area contributed by atoms with Gasteiger partial charge in [0.05, 0.1) is 6.42 Å². The predicted molar refractivity (Wildman–Crippen MR) is 67.8 cm³/mol. The second kappa shape index (κ2) is 4.94. The van der Waals surface area contributed by atoms with Crippen LogP contribution in [0, 0.1) is 6.92 Å². The Morgan fingerprint density at radius 1 is 1.31 bits per heavy atom. The van der Waals surface area contributed by atoms with Gasteiger partial charge in [0.1, 0.15) is 0 Å². The summed E-state index contributed by atoms with van der Waals surface area (Å²) in [5.41, 5.74) is 2.01. The highest BCUT2D eigenvalue weighted by molar-refractivity contribution is 7.10. The molecular weight excluding hydrogens is 218 g/mol. The lowest BCUT2D eigenvalue weighted by Gasteiger charge is -2.04. The molecule has 0 atom stereocenters. The van der Waals surface area contributed by atoms with Crippen LogP contribution in [-0.2, 0) is 11.2 Å². The van der Waals surface area contributed by atoms with Crippen LogP contribution in [0.4, 0.5) is 5.69 Å². The molecule has 82 valence electrons. The zero-order valence-electron chi connectivity index (χ0n) is 9.07. The molecule has 0 saturated carbocycles. The maximum atomic E-state index is 11.7. The van der Waals surface area contributed by atoms with Gasteiger partial charge < -0.3 is 5.32 Å². The van der Waals surface area contributed by atoms with Gasteiger partial charge >= 0.3 is 0 Å². The largest absolute Gasteiger partial charge is 0.326 e. The van der Waals surface area contributed by atoms with Crippen LogP contribution in [0.3, 0.4) is 0 Å². The van der Waals surface area contributed by atoms with E-state index in [1.165, 1.54) is 0 Å². The highest BCUT2D eigenvalue weighted by Gasteiger charge is 2.04. The number of nitrogens with one attached hydrogen (secondary N) is 1.